The molecule has 0 spiro atoms. The fourth-order valence-corrected chi connectivity index (χ4v) is 3.04. The minimum atomic E-state index is -0.0206. The Morgan fingerprint density at radius 1 is 1.41 bits per heavy atom. The zero-order valence-electron chi connectivity index (χ0n) is 13.3. The molecule has 1 amide bonds. The van der Waals surface area contributed by atoms with E-state index in [1.54, 1.807) is 10.7 Å². The van der Waals surface area contributed by atoms with Gasteiger partial charge in [-0.3, -0.25) is 19.1 Å². The van der Waals surface area contributed by atoms with Gasteiger partial charge in [-0.15, -0.1) is 0 Å². The first-order valence-electron chi connectivity index (χ1n) is 7.56. The summed E-state index contributed by atoms with van der Waals surface area (Å²) in [6.45, 7) is 6.26. The Morgan fingerprint density at radius 3 is 2.86 bits per heavy atom. The molecule has 0 saturated carbocycles. The second-order valence-electron chi connectivity index (χ2n) is 5.97. The fraction of sp³-hybridized carbons (Fsp3) is 0.533. The van der Waals surface area contributed by atoms with Crippen LogP contribution in [0.3, 0.4) is 0 Å². The Kier molecular flexibility index (Phi) is 3.98. The molecule has 1 atom stereocenters. The molecule has 2 aromatic heterocycles. The molecule has 1 N–H and O–H groups in total. The molecule has 1 aliphatic heterocycles. The molecule has 0 bridgehead atoms. The number of nitrogens with zero attached hydrogens (tertiary/aromatic N) is 5. The molecule has 118 valence electrons. The van der Waals surface area contributed by atoms with Crippen molar-refractivity contribution >= 4 is 11.7 Å². The van der Waals surface area contributed by atoms with Crippen molar-refractivity contribution < 1.29 is 4.79 Å². The van der Waals surface area contributed by atoms with Crippen LogP contribution in [-0.2, 0) is 11.8 Å². The number of aromatic nitrogens is 4. The summed E-state index contributed by atoms with van der Waals surface area (Å²) >= 11 is 0. The number of amides is 1. The third-order valence-corrected chi connectivity index (χ3v) is 3.99. The largest absolute Gasteiger partial charge is 0.308 e. The lowest BCUT2D eigenvalue weighted by molar-refractivity contribution is -0.117. The third-order valence-electron chi connectivity index (χ3n) is 3.99. The predicted molar refractivity (Wildman–Crippen MR) is 83.6 cm³/mol. The first-order chi connectivity index (χ1) is 10.5. The normalized spacial score (nSPS) is 18.8. The Labute approximate surface area is 129 Å². The molecule has 2 aromatic rings. The average molecular weight is 302 g/mol. The molecule has 0 aromatic carbocycles. The molecule has 0 radical (unpaired) electrons. The monoisotopic (exact) mass is 302 g/mol. The summed E-state index contributed by atoms with van der Waals surface area (Å²) in [5.74, 6) is 0.578. The van der Waals surface area contributed by atoms with E-state index in [1.165, 1.54) is 5.69 Å². The van der Waals surface area contributed by atoms with Gasteiger partial charge >= 0.3 is 0 Å². The molecule has 1 fully saturated rings. The molecule has 22 heavy (non-hydrogen) atoms. The van der Waals surface area contributed by atoms with Gasteiger partial charge in [-0.05, 0) is 26.3 Å². The van der Waals surface area contributed by atoms with Gasteiger partial charge in [0.05, 0.1) is 18.3 Å². The Balaban J connectivity index is 1.54. The van der Waals surface area contributed by atoms with Crippen LogP contribution in [0.15, 0.2) is 18.3 Å². The molecular formula is C15H22N6O. The molecule has 1 unspecified atom stereocenters. The fourth-order valence-electron chi connectivity index (χ4n) is 3.04. The summed E-state index contributed by atoms with van der Waals surface area (Å²) in [4.78, 5) is 14.2. The topological polar surface area (TPSA) is 68.0 Å². The van der Waals surface area contributed by atoms with E-state index in [2.05, 4.69) is 38.1 Å². The van der Waals surface area contributed by atoms with E-state index in [4.69, 9.17) is 0 Å². The number of hydrogen-bond donors (Lipinski definition) is 1. The van der Waals surface area contributed by atoms with Crippen LogP contribution in [0.4, 0.5) is 5.82 Å². The van der Waals surface area contributed by atoms with Gasteiger partial charge in [-0.2, -0.15) is 10.2 Å². The zero-order valence-corrected chi connectivity index (χ0v) is 13.3. The van der Waals surface area contributed by atoms with Crippen molar-refractivity contribution in [2.45, 2.75) is 26.3 Å². The summed E-state index contributed by atoms with van der Waals surface area (Å²) in [5.41, 5.74) is 2.23. The number of nitrogens with one attached hydrogen (secondary N) is 1. The number of rotatable bonds is 4. The summed E-state index contributed by atoms with van der Waals surface area (Å²) in [6, 6.07) is 4.24. The van der Waals surface area contributed by atoms with Crippen molar-refractivity contribution in [1.29, 1.82) is 0 Å². The standard InChI is InChI=1S/C15H22N6O/c1-11-8-12(2)21(17-11)13-4-7-20(9-13)10-15(22)16-14-5-6-19(3)18-14/h5-6,8,13H,4,7,9-10H2,1-3H3,(H,16,18,22). The van der Waals surface area contributed by atoms with Crippen LogP contribution in [0.5, 0.6) is 0 Å². The summed E-state index contributed by atoms with van der Waals surface area (Å²) in [7, 11) is 1.83. The van der Waals surface area contributed by atoms with E-state index in [0.717, 1.165) is 25.2 Å². The number of carbonyl (C=O) groups excluding carboxylic acids is 1. The molecule has 1 saturated heterocycles. The number of hydrogen-bond acceptors (Lipinski definition) is 4. The highest BCUT2D eigenvalue weighted by molar-refractivity contribution is 5.91. The van der Waals surface area contributed by atoms with Crippen LogP contribution in [0.2, 0.25) is 0 Å². The van der Waals surface area contributed by atoms with Crippen molar-refractivity contribution in [3.8, 4) is 0 Å². The maximum Gasteiger partial charge on any atom is 0.239 e. The summed E-state index contributed by atoms with van der Waals surface area (Å²) in [6.07, 6.45) is 2.84. The van der Waals surface area contributed by atoms with Gasteiger partial charge in [0.25, 0.3) is 0 Å². The van der Waals surface area contributed by atoms with Crippen LogP contribution in [-0.4, -0.2) is 50.0 Å². The summed E-state index contributed by atoms with van der Waals surface area (Å²) < 4.78 is 3.76. The minimum absolute atomic E-state index is 0.0206. The van der Waals surface area contributed by atoms with Crippen molar-refractivity contribution in [3.05, 3.63) is 29.7 Å². The number of likely N-dealkylation sites (tertiary alicyclic amines) is 1. The highest BCUT2D eigenvalue weighted by Gasteiger charge is 2.26. The molecule has 3 heterocycles. The maximum atomic E-state index is 12.1. The van der Waals surface area contributed by atoms with Gasteiger partial charge in [-0.25, -0.2) is 0 Å². The maximum absolute atomic E-state index is 12.1. The van der Waals surface area contributed by atoms with E-state index in [9.17, 15) is 4.79 Å². The van der Waals surface area contributed by atoms with Gasteiger partial charge in [0.2, 0.25) is 5.91 Å². The van der Waals surface area contributed by atoms with Gasteiger partial charge < -0.3 is 5.32 Å². The molecular weight excluding hydrogens is 280 g/mol. The molecule has 0 aliphatic carbocycles. The van der Waals surface area contributed by atoms with Gasteiger partial charge in [0.1, 0.15) is 0 Å². The van der Waals surface area contributed by atoms with Crippen molar-refractivity contribution in [3.63, 3.8) is 0 Å². The molecule has 7 nitrogen and oxygen atoms in total. The number of carbonyl (C=O) groups is 1. The smallest absolute Gasteiger partial charge is 0.239 e. The lowest BCUT2D eigenvalue weighted by Gasteiger charge is -2.16. The molecule has 1 aliphatic rings. The van der Waals surface area contributed by atoms with Crippen molar-refractivity contribution in [2.24, 2.45) is 7.05 Å². The van der Waals surface area contributed by atoms with E-state index in [1.807, 2.05) is 20.2 Å². The molecule has 3 rings (SSSR count). The SMILES string of the molecule is Cc1cc(C)n(C2CCN(CC(=O)Nc3ccn(C)n3)C2)n1. The first-order valence-corrected chi connectivity index (χ1v) is 7.56. The Hall–Kier alpha value is -2.15. The highest BCUT2D eigenvalue weighted by atomic mass is 16.2. The van der Waals surface area contributed by atoms with Crippen LogP contribution in [0, 0.1) is 13.8 Å². The van der Waals surface area contributed by atoms with Gasteiger partial charge in [0, 0.05) is 38.1 Å². The van der Waals surface area contributed by atoms with E-state index in [-0.39, 0.29) is 5.91 Å². The van der Waals surface area contributed by atoms with Crippen LogP contribution in [0.25, 0.3) is 0 Å². The lowest BCUT2D eigenvalue weighted by Crippen LogP contribution is -2.32. The summed E-state index contributed by atoms with van der Waals surface area (Å²) in [5, 5.41) is 11.5. The quantitative estimate of drug-likeness (QED) is 0.919. The van der Waals surface area contributed by atoms with Crippen molar-refractivity contribution in [1.82, 2.24) is 24.5 Å². The Morgan fingerprint density at radius 2 is 2.23 bits per heavy atom. The highest BCUT2D eigenvalue weighted by Crippen LogP contribution is 2.22. The lowest BCUT2D eigenvalue weighted by atomic mass is 10.2. The first kappa shape index (κ1) is 14.8. The predicted octanol–water partition coefficient (Wildman–Crippen LogP) is 1.12. The zero-order chi connectivity index (χ0) is 15.7. The van der Waals surface area contributed by atoms with Crippen molar-refractivity contribution in [2.75, 3.05) is 25.0 Å². The number of aryl methyl sites for hydroxylation is 3. The minimum Gasteiger partial charge on any atom is -0.308 e. The van der Waals surface area contributed by atoms with Crippen LogP contribution < -0.4 is 5.32 Å². The second kappa shape index (κ2) is 5.92. The van der Waals surface area contributed by atoms with E-state index < -0.39 is 0 Å². The van der Waals surface area contributed by atoms with Gasteiger partial charge in [0.15, 0.2) is 5.82 Å². The van der Waals surface area contributed by atoms with E-state index >= 15 is 0 Å². The van der Waals surface area contributed by atoms with Crippen LogP contribution >= 0.6 is 0 Å². The Bertz CT molecular complexity index is 673. The third kappa shape index (κ3) is 3.19. The molecule has 7 heteroatoms. The van der Waals surface area contributed by atoms with E-state index in [0.29, 0.717) is 18.4 Å². The second-order valence-corrected chi connectivity index (χ2v) is 5.97. The average Bonchev–Trinajstić information content (AvgIpc) is 3.12. The van der Waals surface area contributed by atoms with Crippen LogP contribution in [0.1, 0.15) is 23.9 Å². The van der Waals surface area contributed by atoms with Gasteiger partial charge in [-0.1, -0.05) is 0 Å². The number of anilines is 1.